The second-order valence-corrected chi connectivity index (χ2v) is 5.28. The van der Waals surface area contributed by atoms with Crippen molar-refractivity contribution in [2.24, 2.45) is 0 Å². The molecule has 1 heterocycles. The molecule has 19 heavy (non-hydrogen) atoms. The van der Waals surface area contributed by atoms with Gasteiger partial charge in [0, 0.05) is 14.1 Å². The second-order valence-electron chi connectivity index (χ2n) is 5.28. The highest BCUT2D eigenvalue weighted by Crippen LogP contribution is 2.50. The lowest BCUT2D eigenvalue weighted by Crippen LogP contribution is -2.42. The van der Waals surface area contributed by atoms with E-state index in [0.717, 1.165) is 29.9 Å². The number of rotatable bonds is 3. The van der Waals surface area contributed by atoms with Crippen molar-refractivity contribution in [3.8, 4) is 11.5 Å². The summed E-state index contributed by atoms with van der Waals surface area (Å²) in [5.74, 6) is 1.56. The predicted molar refractivity (Wildman–Crippen MR) is 70.2 cm³/mol. The molecule has 5 heteroatoms. The summed E-state index contributed by atoms with van der Waals surface area (Å²) in [6, 6.07) is 5.80. The number of ether oxygens (including phenoxy) is 2. The van der Waals surface area contributed by atoms with Gasteiger partial charge in [0.15, 0.2) is 11.5 Å². The zero-order valence-electron chi connectivity index (χ0n) is 11.2. The molecule has 0 spiro atoms. The molecule has 1 saturated carbocycles. The molecule has 0 atom stereocenters. The van der Waals surface area contributed by atoms with Gasteiger partial charge in [-0.1, -0.05) is 6.07 Å². The van der Waals surface area contributed by atoms with Crippen LogP contribution in [0.4, 0.5) is 0 Å². The van der Waals surface area contributed by atoms with Crippen LogP contribution in [0.2, 0.25) is 0 Å². The number of hydrogen-bond acceptors (Lipinski definition) is 4. The van der Waals surface area contributed by atoms with Crippen LogP contribution >= 0.6 is 0 Å². The molecule has 1 aromatic carbocycles. The molecule has 1 N–H and O–H groups in total. The van der Waals surface area contributed by atoms with E-state index >= 15 is 0 Å². The van der Waals surface area contributed by atoms with Gasteiger partial charge in [-0.2, -0.15) is 0 Å². The zero-order chi connectivity index (χ0) is 13.5. The maximum atomic E-state index is 12.3. The van der Waals surface area contributed by atoms with Gasteiger partial charge >= 0.3 is 0 Å². The highest BCUT2D eigenvalue weighted by molar-refractivity contribution is 5.91. The van der Waals surface area contributed by atoms with E-state index in [2.05, 4.69) is 5.43 Å². The summed E-state index contributed by atoms with van der Waals surface area (Å²) in [4.78, 5) is 12.3. The lowest BCUT2D eigenvalue weighted by Gasteiger charge is -2.22. The molecule has 102 valence electrons. The standard InChI is InChI=1S/C14H18N2O3/c1-16(2)15-13(17)14(5-6-14)10-3-4-11-12(9-10)19-8-7-18-11/h3-4,9H,5-8H2,1-2H3,(H,15,17). The van der Waals surface area contributed by atoms with Crippen LogP contribution in [0.15, 0.2) is 18.2 Å². The lowest BCUT2D eigenvalue weighted by atomic mass is 9.94. The fraction of sp³-hybridized carbons (Fsp3) is 0.500. The first-order valence-electron chi connectivity index (χ1n) is 6.50. The topological polar surface area (TPSA) is 50.8 Å². The normalized spacial score (nSPS) is 19.1. The maximum absolute atomic E-state index is 12.3. The van der Waals surface area contributed by atoms with Gasteiger partial charge in [-0.25, -0.2) is 5.01 Å². The average molecular weight is 262 g/mol. The summed E-state index contributed by atoms with van der Waals surface area (Å²) in [6.07, 6.45) is 1.76. The van der Waals surface area contributed by atoms with Gasteiger partial charge in [0.1, 0.15) is 13.2 Å². The van der Waals surface area contributed by atoms with E-state index in [1.165, 1.54) is 0 Å². The Morgan fingerprint density at radius 2 is 1.89 bits per heavy atom. The first-order chi connectivity index (χ1) is 9.12. The zero-order valence-corrected chi connectivity index (χ0v) is 11.2. The van der Waals surface area contributed by atoms with E-state index in [-0.39, 0.29) is 11.3 Å². The van der Waals surface area contributed by atoms with Gasteiger partial charge in [-0.3, -0.25) is 10.2 Å². The number of nitrogens with zero attached hydrogens (tertiary/aromatic N) is 1. The molecule has 1 amide bonds. The van der Waals surface area contributed by atoms with Crippen molar-refractivity contribution >= 4 is 5.91 Å². The number of amides is 1. The van der Waals surface area contributed by atoms with Crippen LogP contribution in [0.25, 0.3) is 0 Å². The molecule has 0 aromatic heterocycles. The summed E-state index contributed by atoms with van der Waals surface area (Å²) in [6.45, 7) is 1.14. The molecule has 1 fully saturated rings. The Labute approximate surface area is 112 Å². The van der Waals surface area contributed by atoms with Crippen LogP contribution in [0.1, 0.15) is 18.4 Å². The highest BCUT2D eigenvalue weighted by atomic mass is 16.6. The van der Waals surface area contributed by atoms with Gasteiger partial charge in [-0.15, -0.1) is 0 Å². The Bertz CT molecular complexity index is 509. The number of benzene rings is 1. The summed E-state index contributed by atoms with van der Waals surface area (Å²) < 4.78 is 11.1. The van der Waals surface area contributed by atoms with Crippen LogP contribution in [0.3, 0.4) is 0 Å². The SMILES string of the molecule is CN(C)NC(=O)C1(c2ccc3c(c2)OCCO3)CC1. The summed E-state index contributed by atoms with van der Waals surface area (Å²) in [5, 5.41) is 1.68. The van der Waals surface area contributed by atoms with Gasteiger partial charge in [0.25, 0.3) is 0 Å². The van der Waals surface area contributed by atoms with Gasteiger partial charge in [0.05, 0.1) is 5.41 Å². The largest absolute Gasteiger partial charge is 0.486 e. The number of fused-ring (bicyclic) bond motifs is 1. The molecule has 0 saturated heterocycles. The molecular weight excluding hydrogens is 244 g/mol. The number of carbonyl (C=O) groups is 1. The Hall–Kier alpha value is -1.75. The fourth-order valence-corrected chi connectivity index (χ4v) is 2.42. The van der Waals surface area contributed by atoms with Gasteiger partial charge < -0.3 is 9.47 Å². The van der Waals surface area contributed by atoms with Gasteiger partial charge in [0.2, 0.25) is 5.91 Å². The molecule has 0 radical (unpaired) electrons. The molecular formula is C14H18N2O3. The van der Waals surface area contributed by atoms with Crippen molar-refractivity contribution in [2.45, 2.75) is 18.3 Å². The van der Waals surface area contributed by atoms with E-state index in [0.29, 0.717) is 13.2 Å². The van der Waals surface area contributed by atoms with Crippen LogP contribution < -0.4 is 14.9 Å². The Morgan fingerprint density at radius 1 is 1.21 bits per heavy atom. The van der Waals surface area contributed by atoms with Crippen molar-refractivity contribution in [3.05, 3.63) is 23.8 Å². The van der Waals surface area contributed by atoms with Crippen molar-refractivity contribution < 1.29 is 14.3 Å². The first-order valence-corrected chi connectivity index (χ1v) is 6.50. The summed E-state index contributed by atoms with van der Waals surface area (Å²) >= 11 is 0. The predicted octanol–water partition coefficient (Wildman–Crippen LogP) is 1.08. The van der Waals surface area contributed by atoms with E-state index in [1.807, 2.05) is 32.3 Å². The fourth-order valence-electron chi connectivity index (χ4n) is 2.42. The lowest BCUT2D eigenvalue weighted by molar-refractivity contribution is -0.127. The summed E-state index contributed by atoms with van der Waals surface area (Å²) in [5.41, 5.74) is 3.47. The third kappa shape index (κ3) is 2.14. The van der Waals surface area contributed by atoms with E-state index < -0.39 is 0 Å². The Morgan fingerprint density at radius 3 is 2.53 bits per heavy atom. The van der Waals surface area contributed by atoms with Crippen molar-refractivity contribution in [3.63, 3.8) is 0 Å². The highest BCUT2D eigenvalue weighted by Gasteiger charge is 2.51. The Kier molecular flexibility index (Phi) is 2.86. The average Bonchev–Trinajstić information content (AvgIpc) is 3.19. The smallest absolute Gasteiger partial charge is 0.244 e. The van der Waals surface area contributed by atoms with Crippen LogP contribution in [0.5, 0.6) is 11.5 Å². The number of hydrogen-bond donors (Lipinski definition) is 1. The molecule has 1 aromatic rings. The molecule has 2 aliphatic rings. The van der Waals surface area contributed by atoms with Crippen molar-refractivity contribution in [1.82, 2.24) is 10.4 Å². The maximum Gasteiger partial charge on any atom is 0.244 e. The molecule has 3 rings (SSSR count). The Balaban J connectivity index is 1.87. The number of carbonyl (C=O) groups excluding carboxylic acids is 1. The molecule has 1 aliphatic carbocycles. The van der Waals surface area contributed by atoms with Gasteiger partial charge in [-0.05, 0) is 30.5 Å². The molecule has 5 nitrogen and oxygen atoms in total. The minimum atomic E-state index is -0.389. The minimum absolute atomic E-state index is 0.0502. The monoisotopic (exact) mass is 262 g/mol. The van der Waals surface area contributed by atoms with Crippen molar-refractivity contribution in [1.29, 1.82) is 0 Å². The van der Waals surface area contributed by atoms with Crippen LogP contribution in [0, 0.1) is 0 Å². The molecule has 0 bridgehead atoms. The van der Waals surface area contributed by atoms with E-state index in [1.54, 1.807) is 5.01 Å². The summed E-state index contributed by atoms with van der Waals surface area (Å²) in [7, 11) is 3.63. The van der Waals surface area contributed by atoms with E-state index in [9.17, 15) is 4.79 Å². The molecule has 1 aliphatic heterocycles. The second kappa shape index (κ2) is 4.42. The van der Waals surface area contributed by atoms with Crippen LogP contribution in [-0.4, -0.2) is 38.2 Å². The minimum Gasteiger partial charge on any atom is -0.486 e. The molecule has 0 unspecified atom stereocenters. The third-order valence-electron chi connectivity index (χ3n) is 3.60. The number of hydrazine groups is 1. The van der Waals surface area contributed by atoms with E-state index in [4.69, 9.17) is 9.47 Å². The van der Waals surface area contributed by atoms with Crippen LogP contribution in [-0.2, 0) is 10.2 Å². The first kappa shape index (κ1) is 12.3. The third-order valence-corrected chi connectivity index (χ3v) is 3.60. The van der Waals surface area contributed by atoms with Crippen molar-refractivity contribution in [2.75, 3.05) is 27.3 Å². The number of nitrogens with one attached hydrogen (secondary N) is 1. The quantitative estimate of drug-likeness (QED) is 0.828.